The second-order valence-electron chi connectivity index (χ2n) is 3.77. The summed E-state index contributed by atoms with van der Waals surface area (Å²) < 4.78 is 8.73. The number of carbonyl (C=O) groups excluding carboxylic acids is 2. The van der Waals surface area contributed by atoms with E-state index < -0.39 is 12.2 Å². The predicted molar refractivity (Wildman–Crippen MR) is 76.9 cm³/mol. The summed E-state index contributed by atoms with van der Waals surface area (Å²) in [6.07, 6.45) is -2.29. The molecule has 2 rings (SSSR count). The molecule has 2 aromatic carbocycles. The van der Waals surface area contributed by atoms with Gasteiger partial charge in [0.15, 0.2) is 0 Å². The van der Waals surface area contributed by atoms with Crippen molar-refractivity contribution in [1.29, 1.82) is 0 Å². The zero-order valence-electron chi connectivity index (χ0n) is 11.7. The molecule has 23 heavy (non-hydrogen) atoms. The molecule has 0 aliphatic carbocycles. The van der Waals surface area contributed by atoms with Gasteiger partial charge in [-0.15, -0.1) is 0 Å². The van der Waals surface area contributed by atoms with Crippen LogP contribution >= 0.6 is 0 Å². The molecular formula is C14H12N2O6Y-2. The topological polar surface area (TPSA) is 141 Å². The van der Waals surface area contributed by atoms with Gasteiger partial charge in [0.05, 0.1) is 0 Å². The molecule has 9 heteroatoms. The van der Waals surface area contributed by atoms with Crippen LogP contribution in [0.15, 0.2) is 48.5 Å². The predicted octanol–water partition coefficient (Wildman–Crippen LogP) is 3.88. The minimum atomic E-state index is -1.14. The zero-order chi connectivity index (χ0) is 16.5. The fraction of sp³-hybridized carbons (Fsp3) is 0. The van der Waals surface area contributed by atoms with E-state index in [1.165, 1.54) is 48.5 Å². The molecule has 119 valence electrons. The number of amides is 2. The molecule has 0 fully saturated rings. The van der Waals surface area contributed by atoms with Crippen molar-refractivity contribution in [2.24, 2.45) is 0 Å². The maximum absolute atomic E-state index is 10.1. The Morgan fingerprint density at radius 2 is 1.13 bits per heavy atom. The molecular weight excluding hydrogens is 381 g/mol. The summed E-state index contributed by atoms with van der Waals surface area (Å²) in [6, 6.07) is 11.4. The minimum Gasteiger partial charge on any atom is -0.631 e. The van der Waals surface area contributed by atoms with Crippen LogP contribution in [0.3, 0.4) is 0 Å². The van der Waals surface area contributed by atoms with E-state index in [0.717, 1.165) is 0 Å². The third-order valence-corrected chi connectivity index (χ3v) is 2.06. The summed E-state index contributed by atoms with van der Waals surface area (Å²) in [5.41, 5.74) is 12.9. The van der Waals surface area contributed by atoms with Gasteiger partial charge in [-0.2, -0.15) is 0 Å². The first-order valence-electron chi connectivity index (χ1n) is 5.81. The average molecular weight is 393 g/mol. The minimum absolute atomic E-state index is 0. The maximum Gasteiger partial charge on any atom is 0.232 e. The molecule has 2 amide bonds. The molecule has 1 radical (unpaired) electrons. The Morgan fingerprint density at radius 3 is 1.39 bits per heavy atom. The van der Waals surface area contributed by atoms with E-state index in [1.807, 2.05) is 0 Å². The molecule has 0 aliphatic heterocycles. The first-order chi connectivity index (χ1) is 10.4. The normalized spacial score (nSPS) is 8.70. The molecule has 0 spiro atoms. The van der Waals surface area contributed by atoms with Crippen LogP contribution in [-0.2, 0) is 32.7 Å². The molecule has 0 atom stereocenters. The number of carbonyl (C=O) groups is 2. The van der Waals surface area contributed by atoms with Gasteiger partial charge in [0.2, 0.25) is 12.2 Å². The molecule has 0 saturated heterocycles. The van der Waals surface area contributed by atoms with Crippen molar-refractivity contribution < 1.29 is 62.0 Å². The van der Waals surface area contributed by atoms with Gasteiger partial charge in [0.25, 0.3) is 0 Å². The number of hydrogen-bond donors (Lipinski definition) is 2. The molecule has 0 aromatic heterocycles. The third-order valence-electron chi connectivity index (χ3n) is 2.06. The molecule has 0 saturated carbocycles. The smallest absolute Gasteiger partial charge is 0.232 e. The average Bonchev–Trinajstić information content (AvgIpc) is 2.37. The molecule has 0 heterocycles. The first kappa shape index (κ1) is 20.7. The van der Waals surface area contributed by atoms with Crippen molar-refractivity contribution in [3.63, 3.8) is 0 Å². The van der Waals surface area contributed by atoms with Gasteiger partial charge in [0.1, 0.15) is 23.0 Å². The summed E-state index contributed by atoms with van der Waals surface area (Å²) in [5.74, 6) is 0.350. The fourth-order valence-corrected chi connectivity index (χ4v) is 1.31. The van der Waals surface area contributed by atoms with Gasteiger partial charge in [-0.1, -0.05) is 12.1 Å². The summed E-state index contributed by atoms with van der Waals surface area (Å²) in [7, 11) is 0. The number of phenolic OH excluding ortho intramolecular Hbond substituents is 2. The summed E-state index contributed by atoms with van der Waals surface area (Å²) in [4.78, 5) is 20.2. The van der Waals surface area contributed by atoms with E-state index in [2.05, 4.69) is 9.47 Å². The molecule has 0 aliphatic rings. The van der Waals surface area contributed by atoms with Crippen molar-refractivity contribution in [3.8, 4) is 23.0 Å². The van der Waals surface area contributed by atoms with E-state index in [0.29, 0.717) is 0 Å². The van der Waals surface area contributed by atoms with Crippen molar-refractivity contribution in [1.82, 2.24) is 0 Å². The standard InChI is InChI=1S/2C7H7NO3.Y/c2*8-7(10)11-6-3-1-2-5(9)4-6;/h2*1-4H,(H3,8,9,10);/p-2. The van der Waals surface area contributed by atoms with E-state index in [1.54, 1.807) is 0 Å². The Balaban J connectivity index is 0.000000403. The van der Waals surface area contributed by atoms with Crippen LogP contribution in [0.1, 0.15) is 0 Å². The number of benzene rings is 2. The molecule has 4 N–H and O–H groups in total. The summed E-state index contributed by atoms with van der Waals surface area (Å²) >= 11 is 0. The number of hydrogen-bond acceptors (Lipinski definition) is 6. The van der Waals surface area contributed by atoms with Gasteiger partial charge in [-0.25, -0.2) is 0 Å². The second kappa shape index (κ2) is 10.4. The Hall–Kier alpha value is -2.32. The largest absolute Gasteiger partial charge is 0.631 e. The number of aromatic hydroxyl groups is 2. The van der Waals surface area contributed by atoms with Gasteiger partial charge < -0.3 is 31.2 Å². The van der Waals surface area contributed by atoms with Crippen LogP contribution in [-0.4, -0.2) is 22.4 Å². The zero-order valence-corrected chi connectivity index (χ0v) is 14.6. The first-order valence-corrected chi connectivity index (χ1v) is 5.81. The van der Waals surface area contributed by atoms with E-state index in [9.17, 15) is 9.59 Å². The van der Waals surface area contributed by atoms with Gasteiger partial charge in [0, 0.05) is 44.8 Å². The second-order valence-corrected chi connectivity index (χ2v) is 3.77. The van der Waals surface area contributed by atoms with E-state index >= 15 is 0 Å². The maximum atomic E-state index is 10.1. The van der Waals surface area contributed by atoms with Crippen LogP contribution in [0.2, 0.25) is 0 Å². The van der Waals surface area contributed by atoms with E-state index in [4.69, 9.17) is 21.7 Å². The van der Waals surface area contributed by atoms with Crippen LogP contribution in [0, 0.1) is 0 Å². The monoisotopic (exact) mass is 393 g/mol. The van der Waals surface area contributed by atoms with Crippen LogP contribution in [0.25, 0.3) is 11.5 Å². The molecule has 0 unspecified atom stereocenters. The van der Waals surface area contributed by atoms with Gasteiger partial charge in [-0.3, -0.25) is 9.59 Å². The van der Waals surface area contributed by atoms with Crippen LogP contribution in [0.5, 0.6) is 23.0 Å². The van der Waals surface area contributed by atoms with Crippen molar-refractivity contribution in [2.45, 2.75) is 0 Å². The Morgan fingerprint density at radius 1 is 0.783 bits per heavy atom. The SMILES string of the molecule is [NH-]C(=O)Oc1cccc(O)c1.[NH-]C(=O)Oc1cccc(O)c1.[Y]. The van der Waals surface area contributed by atoms with Crippen LogP contribution in [0.4, 0.5) is 9.59 Å². The Bertz CT molecular complexity index is 608. The summed E-state index contributed by atoms with van der Waals surface area (Å²) in [6.45, 7) is 0. The van der Waals surface area contributed by atoms with Crippen molar-refractivity contribution in [2.75, 3.05) is 0 Å². The quantitative estimate of drug-likeness (QED) is 0.793. The fourth-order valence-electron chi connectivity index (χ4n) is 1.31. The number of phenols is 2. The summed E-state index contributed by atoms with van der Waals surface area (Å²) in [5, 5.41) is 17.7. The van der Waals surface area contributed by atoms with Crippen molar-refractivity contribution in [3.05, 3.63) is 60.0 Å². The number of ether oxygens (including phenoxy) is 2. The Labute approximate surface area is 156 Å². The van der Waals surface area contributed by atoms with E-state index in [-0.39, 0.29) is 55.7 Å². The van der Waals surface area contributed by atoms with Gasteiger partial charge in [-0.05, 0) is 24.3 Å². The van der Waals surface area contributed by atoms with Gasteiger partial charge >= 0.3 is 0 Å². The number of rotatable bonds is 2. The third kappa shape index (κ3) is 9.33. The van der Waals surface area contributed by atoms with Crippen LogP contribution < -0.4 is 9.47 Å². The molecule has 0 bridgehead atoms. The molecule has 8 nitrogen and oxygen atoms in total. The molecule has 2 aromatic rings. The Kier molecular flexibility index (Phi) is 9.37. The van der Waals surface area contributed by atoms with Crippen molar-refractivity contribution >= 4 is 12.2 Å². The number of nitrogens with one attached hydrogen (secondary N) is 2.